The van der Waals surface area contributed by atoms with Crippen molar-refractivity contribution in [2.24, 2.45) is 5.73 Å². The highest BCUT2D eigenvalue weighted by atomic mass is 16.3. The van der Waals surface area contributed by atoms with Crippen molar-refractivity contribution < 1.29 is 9.90 Å². The molecule has 138 valence electrons. The van der Waals surface area contributed by atoms with Crippen molar-refractivity contribution in [3.63, 3.8) is 0 Å². The summed E-state index contributed by atoms with van der Waals surface area (Å²) in [4.78, 5) is 13.8. The third kappa shape index (κ3) is 4.15. The SMILES string of the molecule is NC(=O)c1cc(N)ccc1NCCN1CCC(O)(c2ccccc2)CC1. The number of hydrogen-bond donors (Lipinski definition) is 4. The minimum Gasteiger partial charge on any atom is -0.399 e. The molecule has 0 unspecified atom stereocenters. The minimum absolute atomic E-state index is 0.405. The van der Waals surface area contributed by atoms with Gasteiger partial charge in [0.25, 0.3) is 5.91 Å². The van der Waals surface area contributed by atoms with E-state index < -0.39 is 11.5 Å². The molecular weight excluding hydrogens is 328 g/mol. The maximum atomic E-state index is 11.5. The van der Waals surface area contributed by atoms with Gasteiger partial charge in [0.1, 0.15) is 0 Å². The Morgan fingerprint density at radius 1 is 1.15 bits per heavy atom. The van der Waals surface area contributed by atoms with Crippen molar-refractivity contribution >= 4 is 17.3 Å². The zero-order valence-corrected chi connectivity index (χ0v) is 14.8. The molecule has 1 heterocycles. The first-order valence-electron chi connectivity index (χ1n) is 8.91. The molecule has 26 heavy (non-hydrogen) atoms. The maximum absolute atomic E-state index is 11.5. The van der Waals surface area contributed by atoms with E-state index in [2.05, 4.69) is 10.2 Å². The van der Waals surface area contributed by atoms with Gasteiger partial charge in [0.05, 0.1) is 11.2 Å². The highest BCUT2D eigenvalue weighted by Gasteiger charge is 2.33. The van der Waals surface area contributed by atoms with Crippen molar-refractivity contribution in [3.8, 4) is 0 Å². The van der Waals surface area contributed by atoms with E-state index in [-0.39, 0.29) is 0 Å². The summed E-state index contributed by atoms with van der Waals surface area (Å²) < 4.78 is 0. The van der Waals surface area contributed by atoms with Gasteiger partial charge in [0.15, 0.2) is 0 Å². The Hall–Kier alpha value is -2.57. The van der Waals surface area contributed by atoms with Gasteiger partial charge in [-0.25, -0.2) is 0 Å². The van der Waals surface area contributed by atoms with Crippen LogP contribution in [0.3, 0.4) is 0 Å². The van der Waals surface area contributed by atoms with Gasteiger partial charge < -0.3 is 26.8 Å². The van der Waals surface area contributed by atoms with Gasteiger partial charge in [-0.15, -0.1) is 0 Å². The summed E-state index contributed by atoms with van der Waals surface area (Å²) in [6.07, 6.45) is 1.43. The number of anilines is 2. The topological polar surface area (TPSA) is 105 Å². The van der Waals surface area contributed by atoms with Crippen LogP contribution in [0, 0.1) is 0 Å². The summed E-state index contributed by atoms with van der Waals surface area (Å²) in [7, 11) is 0. The molecule has 0 saturated carbocycles. The van der Waals surface area contributed by atoms with Crippen LogP contribution in [0.15, 0.2) is 48.5 Å². The molecule has 0 aromatic heterocycles. The van der Waals surface area contributed by atoms with Gasteiger partial charge in [-0.3, -0.25) is 4.79 Å². The standard InChI is InChI=1S/C20H26N4O2/c21-16-6-7-18(17(14-16)19(22)25)23-10-13-24-11-8-20(26,9-12-24)15-4-2-1-3-5-15/h1-7,14,23,26H,8-13,21H2,(H2,22,25). The normalized spacial score (nSPS) is 17.0. The van der Waals surface area contributed by atoms with Gasteiger partial charge in [0, 0.05) is 37.6 Å². The number of carbonyl (C=O) groups excluding carboxylic acids is 1. The number of likely N-dealkylation sites (tertiary alicyclic amines) is 1. The Labute approximate surface area is 153 Å². The summed E-state index contributed by atoms with van der Waals surface area (Å²) in [5.41, 5.74) is 13.0. The molecular formula is C20H26N4O2. The van der Waals surface area contributed by atoms with Gasteiger partial charge in [-0.1, -0.05) is 30.3 Å². The molecule has 0 bridgehead atoms. The van der Waals surface area contributed by atoms with E-state index in [1.807, 2.05) is 30.3 Å². The number of nitrogens with zero attached hydrogens (tertiary/aromatic N) is 1. The number of nitrogens with one attached hydrogen (secondary N) is 1. The molecule has 0 atom stereocenters. The van der Waals surface area contributed by atoms with Crippen LogP contribution in [0.25, 0.3) is 0 Å². The minimum atomic E-state index is -0.735. The van der Waals surface area contributed by atoms with Crippen LogP contribution >= 0.6 is 0 Å². The molecule has 3 rings (SSSR count). The average Bonchev–Trinajstić information content (AvgIpc) is 2.65. The quantitative estimate of drug-likeness (QED) is 0.592. The van der Waals surface area contributed by atoms with E-state index in [0.29, 0.717) is 36.3 Å². The van der Waals surface area contributed by atoms with E-state index in [0.717, 1.165) is 25.2 Å². The number of benzene rings is 2. The molecule has 6 N–H and O–H groups in total. The second-order valence-electron chi connectivity index (χ2n) is 6.84. The Morgan fingerprint density at radius 3 is 2.50 bits per heavy atom. The fourth-order valence-corrected chi connectivity index (χ4v) is 3.45. The first-order chi connectivity index (χ1) is 12.5. The lowest BCUT2D eigenvalue weighted by molar-refractivity contribution is -0.0249. The summed E-state index contributed by atoms with van der Waals surface area (Å²) in [5, 5.41) is 14.1. The van der Waals surface area contributed by atoms with E-state index in [1.54, 1.807) is 18.2 Å². The van der Waals surface area contributed by atoms with E-state index >= 15 is 0 Å². The van der Waals surface area contributed by atoms with Gasteiger partial charge in [-0.2, -0.15) is 0 Å². The maximum Gasteiger partial charge on any atom is 0.250 e. The van der Waals surface area contributed by atoms with E-state index in [9.17, 15) is 9.90 Å². The highest BCUT2D eigenvalue weighted by Crippen LogP contribution is 2.32. The molecule has 2 aromatic rings. The lowest BCUT2D eigenvalue weighted by Gasteiger charge is -2.38. The smallest absolute Gasteiger partial charge is 0.250 e. The van der Waals surface area contributed by atoms with Gasteiger partial charge in [0.2, 0.25) is 0 Å². The second-order valence-corrected chi connectivity index (χ2v) is 6.84. The molecule has 1 aliphatic rings. The van der Waals surface area contributed by atoms with Crippen molar-refractivity contribution in [1.82, 2.24) is 4.90 Å². The zero-order valence-electron chi connectivity index (χ0n) is 14.8. The third-order valence-corrected chi connectivity index (χ3v) is 5.05. The summed E-state index contributed by atoms with van der Waals surface area (Å²) in [5.74, 6) is -0.495. The predicted octanol–water partition coefficient (Wildman–Crippen LogP) is 1.76. The monoisotopic (exact) mass is 354 g/mol. The van der Waals surface area contributed by atoms with Crippen LogP contribution in [0.5, 0.6) is 0 Å². The summed E-state index contributed by atoms with van der Waals surface area (Å²) in [6.45, 7) is 3.18. The first kappa shape index (κ1) is 18.2. The molecule has 1 saturated heterocycles. The lowest BCUT2D eigenvalue weighted by Crippen LogP contribution is -2.44. The Morgan fingerprint density at radius 2 is 1.85 bits per heavy atom. The number of aliphatic hydroxyl groups is 1. The largest absolute Gasteiger partial charge is 0.399 e. The van der Waals surface area contributed by atoms with Gasteiger partial charge >= 0.3 is 0 Å². The predicted molar refractivity (Wildman–Crippen MR) is 104 cm³/mol. The van der Waals surface area contributed by atoms with Crippen molar-refractivity contribution in [1.29, 1.82) is 0 Å². The number of rotatable bonds is 6. The van der Waals surface area contributed by atoms with Crippen molar-refractivity contribution in [2.75, 3.05) is 37.2 Å². The molecule has 1 fully saturated rings. The fourth-order valence-electron chi connectivity index (χ4n) is 3.45. The third-order valence-electron chi connectivity index (χ3n) is 5.05. The van der Waals surface area contributed by atoms with Crippen LogP contribution < -0.4 is 16.8 Å². The van der Waals surface area contributed by atoms with Crippen LogP contribution in [0.1, 0.15) is 28.8 Å². The van der Waals surface area contributed by atoms with E-state index in [1.165, 1.54) is 0 Å². The Bertz CT molecular complexity index is 756. The van der Waals surface area contributed by atoms with Crippen LogP contribution in [-0.4, -0.2) is 42.1 Å². The first-order valence-corrected chi connectivity index (χ1v) is 8.91. The molecule has 6 nitrogen and oxygen atoms in total. The second kappa shape index (κ2) is 7.76. The lowest BCUT2D eigenvalue weighted by atomic mass is 9.84. The number of nitrogens with two attached hydrogens (primary N) is 2. The van der Waals surface area contributed by atoms with Crippen molar-refractivity contribution in [2.45, 2.75) is 18.4 Å². The molecule has 0 aliphatic carbocycles. The van der Waals surface area contributed by atoms with E-state index in [4.69, 9.17) is 11.5 Å². The molecule has 1 amide bonds. The average molecular weight is 354 g/mol. The zero-order chi connectivity index (χ0) is 18.6. The molecule has 6 heteroatoms. The number of amides is 1. The molecule has 1 aliphatic heterocycles. The Kier molecular flexibility index (Phi) is 5.44. The fraction of sp³-hybridized carbons (Fsp3) is 0.350. The number of primary amides is 1. The molecule has 2 aromatic carbocycles. The molecule has 0 spiro atoms. The van der Waals surface area contributed by atoms with Crippen LogP contribution in [0.4, 0.5) is 11.4 Å². The Balaban J connectivity index is 1.51. The highest BCUT2D eigenvalue weighted by molar-refractivity contribution is 5.99. The van der Waals surface area contributed by atoms with Gasteiger partial charge in [-0.05, 0) is 36.6 Å². The molecule has 0 radical (unpaired) electrons. The number of hydrogen-bond acceptors (Lipinski definition) is 5. The summed E-state index contributed by atoms with van der Waals surface area (Å²) in [6, 6.07) is 15.0. The van der Waals surface area contributed by atoms with Crippen LogP contribution in [0.2, 0.25) is 0 Å². The number of carbonyl (C=O) groups is 1. The number of nitrogen functional groups attached to an aromatic ring is 1. The van der Waals surface area contributed by atoms with Crippen LogP contribution in [-0.2, 0) is 5.60 Å². The number of piperidine rings is 1. The summed E-state index contributed by atoms with van der Waals surface area (Å²) >= 11 is 0. The van der Waals surface area contributed by atoms with Crippen molar-refractivity contribution in [3.05, 3.63) is 59.7 Å².